The highest BCUT2D eigenvalue weighted by Gasteiger charge is 2.11. The molecule has 0 saturated carbocycles. The van der Waals surface area contributed by atoms with Gasteiger partial charge < -0.3 is 10.2 Å². The fraction of sp³-hybridized carbons (Fsp3) is 0.133. The maximum absolute atomic E-state index is 12.2. The summed E-state index contributed by atoms with van der Waals surface area (Å²) in [6.45, 7) is 3.49. The van der Waals surface area contributed by atoms with E-state index in [1.165, 1.54) is 12.1 Å². The summed E-state index contributed by atoms with van der Waals surface area (Å²) in [7, 11) is 0. The van der Waals surface area contributed by atoms with Crippen LogP contribution < -0.4 is 0 Å². The molecular weight excluding hydrogens is 228 g/mol. The minimum atomic E-state index is -0.124. The number of hydrogen-bond donors (Lipinski definition) is 2. The molecular formula is C15H14O3. The molecule has 3 nitrogen and oxygen atoms in total. The molecule has 3 heteroatoms. The molecule has 0 fully saturated rings. The largest absolute Gasteiger partial charge is 0.508 e. The van der Waals surface area contributed by atoms with Crippen LogP contribution in [0.3, 0.4) is 0 Å². The van der Waals surface area contributed by atoms with Crippen LogP contribution in [0.15, 0.2) is 36.4 Å². The SMILES string of the molecule is Cc1cc(C(=O)c2ccc(O)c(C)c2)ccc1O. The topological polar surface area (TPSA) is 57.5 Å². The zero-order valence-corrected chi connectivity index (χ0v) is 10.3. The Bertz CT molecular complexity index is 562. The molecule has 2 N–H and O–H groups in total. The molecule has 0 spiro atoms. The third kappa shape index (κ3) is 2.20. The summed E-state index contributed by atoms with van der Waals surface area (Å²) in [5, 5.41) is 18.9. The van der Waals surface area contributed by atoms with E-state index in [9.17, 15) is 15.0 Å². The van der Waals surface area contributed by atoms with E-state index >= 15 is 0 Å². The molecule has 0 aliphatic heterocycles. The van der Waals surface area contributed by atoms with Crippen LogP contribution in [-0.2, 0) is 0 Å². The Hall–Kier alpha value is -2.29. The van der Waals surface area contributed by atoms with Gasteiger partial charge in [-0.15, -0.1) is 0 Å². The molecule has 0 bridgehead atoms. The first-order chi connectivity index (χ1) is 8.49. The molecule has 0 heterocycles. The molecule has 0 aromatic heterocycles. The normalized spacial score (nSPS) is 10.3. The van der Waals surface area contributed by atoms with Crippen molar-refractivity contribution in [3.8, 4) is 11.5 Å². The predicted octanol–water partition coefficient (Wildman–Crippen LogP) is 2.95. The van der Waals surface area contributed by atoms with E-state index in [-0.39, 0.29) is 17.3 Å². The molecule has 18 heavy (non-hydrogen) atoms. The Labute approximate surface area is 105 Å². The summed E-state index contributed by atoms with van der Waals surface area (Å²) in [4.78, 5) is 12.2. The summed E-state index contributed by atoms with van der Waals surface area (Å²) in [6, 6.07) is 9.51. The van der Waals surface area contributed by atoms with Crippen LogP contribution in [-0.4, -0.2) is 16.0 Å². The van der Waals surface area contributed by atoms with Crippen LogP contribution >= 0.6 is 0 Å². The first kappa shape index (κ1) is 12.2. The Morgan fingerprint density at radius 2 is 1.22 bits per heavy atom. The number of carbonyl (C=O) groups excluding carboxylic acids is 1. The third-order valence-electron chi connectivity index (χ3n) is 2.92. The summed E-state index contributed by atoms with van der Waals surface area (Å²) in [5.41, 5.74) is 2.37. The van der Waals surface area contributed by atoms with E-state index in [0.29, 0.717) is 22.3 Å². The number of phenols is 2. The number of aryl methyl sites for hydroxylation is 2. The van der Waals surface area contributed by atoms with Crippen LogP contribution in [0.2, 0.25) is 0 Å². The number of carbonyl (C=O) groups is 1. The Morgan fingerprint density at radius 1 is 0.833 bits per heavy atom. The minimum absolute atomic E-state index is 0.124. The van der Waals surface area contributed by atoms with Crippen LogP contribution in [0.4, 0.5) is 0 Å². The number of rotatable bonds is 2. The van der Waals surface area contributed by atoms with Crippen molar-refractivity contribution in [3.05, 3.63) is 58.7 Å². The molecule has 2 aromatic rings. The predicted molar refractivity (Wildman–Crippen MR) is 69.1 cm³/mol. The van der Waals surface area contributed by atoms with Crippen molar-refractivity contribution >= 4 is 5.78 Å². The van der Waals surface area contributed by atoms with Crippen molar-refractivity contribution in [3.63, 3.8) is 0 Å². The van der Waals surface area contributed by atoms with Crippen LogP contribution in [0.5, 0.6) is 11.5 Å². The zero-order chi connectivity index (χ0) is 13.3. The van der Waals surface area contributed by atoms with Gasteiger partial charge in [0.05, 0.1) is 0 Å². The van der Waals surface area contributed by atoms with Gasteiger partial charge in [0, 0.05) is 11.1 Å². The number of phenolic OH excluding ortho intramolecular Hbond substituents is 2. The Kier molecular flexibility index (Phi) is 3.06. The first-order valence-corrected chi connectivity index (χ1v) is 5.63. The van der Waals surface area contributed by atoms with E-state index in [4.69, 9.17) is 0 Å². The number of aromatic hydroxyl groups is 2. The van der Waals surface area contributed by atoms with Crippen molar-refractivity contribution in [2.24, 2.45) is 0 Å². The van der Waals surface area contributed by atoms with E-state index in [1.807, 2.05) is 0 Å². The lowest BCUT2D eigenvalue weighted by Gasteiger charge is -2.05. The fourth-order valence-electron chi connectivity index (χ4n) is 1.76. The van der Waals surface area contributed by atoms with Gasteiger partial charge in [-0.3, -0.25) is 4.79 Å². The van der Waals surface area contributed by atoms with E-state index in [2.05, 4.69) is 0 Å². The van der Waals surface area contributed by atoms with Crippen molar-refractivity contribution in [2.75, 3.05) is 0 Å². The number of hydrogen-bond acceptors (Lipinski definition) is 3. The van der Waals surface area contributed by atoms with Gasteiger partial charge in [-0.1, -0.05) is 0 Å². The standard InChI is InChI=1S/C15H14O3/c1-9-7-11(3-5-13(9)16)15(18)12-4-6-14(17)10(2)8-12/h3-8,16-17H,1-2H3. The molecule has 0 amide bonds. The lowest BCUT2D eigenvalue weighted by Crippen LogP contribution is -2.01. The molecule has 2 aromatic carbocycles. The van der Waals surface area contributed by atoms with Gasteiger partial charge in [0.15, 0.2) is 5.78 Å². The highest BCUT2D eigenvalue weighted by molar-refractivity contribution is 6.09. The molecule has 0 aliphatic rings. The molecule has 0 radical (unpaired) electrons. The molecule has 92 valence electrons. The molecule has 0 atom stereocenters. The second-order valence-electron chi connectivity index (χ2n) is 4.33. The van der Waals surface area contributed by atoms with Crippen molar-refractivity contribution in [1.82, 2.24) is 0 Å². The van der Waals surface area contributed by atoms with Crippen molar-refractivity contribution in [1.29, 1.82) is 0 Å². The van der Waals surface area contributed by atoms with Gasteiger partial charge in [-0.25, -0.2) is 0 Å². The van der Waals surface area contributed by atoms with E-state index in [0.717, 1.165) is 0 Å². The van der Waals surface area contributed by atoms with E-state index < -0.39 is 0 Å². The molecule has 0 unspecified atom stereocenters. The summed E-state index contributed by atoms with van der Waals surface area (Å²) in [6.07, 6.45) is 0. The van der Waals surface area contributed by atoms with Crippen molar-refractivity contribution < 1.29 is 15.0 Å². The fourth-order valence-corrected chi connectivity index (χ4v) is 1.76. The smallest absolute Gasteiger partial charge is 0.193 e. The first-order valence-electron chi connectivity index (χ1n) is 5.63. The monoisotopic (exact) mass is 242 g/mol. The van der Waals surface area contributed by atoms with Gasteiger partial charge in [-0.05, 0) is 61.4 Å². The highest BCUT2D eigenvalue weighted by Crippen LogP contribution is 2.22. The lowest BCUT2D eigenvalue weighted by molar-refractivity contribution is 0.103. The molecule has 0 aliphatic carbocycles. The Morgan fingerprint density at radius 3 is 1.56 bits per heavy atom. The highest BCUT2D eigenvalue weighted by atomic mass is 16.3. The minimum Gasteiger partial charge on any atom is -0.508 e. The second kappa shape index (κ2) is 4.53. The summed E-state index contributed by atoms with van der Waals surface area (Å²) < 4.78 is 0. The van der Waals surface area contributed by atoms with E-state index in [1.54, 1.807) is 38.1 Å². The maximum Gasteiger partial charge on any atom is 0.193 e. The number of benzene rings is 2. The van der Waals surface area contributed by atoms with Crippen LogP contribution in [0.1, 0.15) is 27.0 Å². The van der Waals surface area contributed by atoms with Gasteiger partial charge >= 0.3 is 0 Å². The lowest BCUT2D eigenvalue weighted by atomic mass is 9.99. The second-order valence-corrected chi connectivity index (χ2v) is 4.33. The number of ketones is 1. The van der Waals surface area contributed by atoms with Gasteiger partial charge in [0.25, 0.3) is 0 Å². The van der Waals surface area contributed by atoms with Gasteiger partial charge in [-0.2, -0.15) is 0 Å². The quantitative estimate of drug-likeness (QED) is 0.796. The Balaban J connectivity index is 2.41. The summed E-state index contributed by atoms with van der Waals surface area (Å²) >= 11 is 0. The average Bonchev–Trinajstić information content (AvgIpc) is 2.35. The van der Waals surface area contributed by atoms with Crippen LogP contribution in [0.25, 0.3) is 0 Å². The van der Waals surface area contributed by atoms with Crippen LogP contribution in [0, 0.1) is 13.8 Å². The van der Waals surface area contributed by atoms with Gasteiger partial charge in [0.2, 0.25) is 0 Å². The van der Waals surface area contributed by atoms with Gasteiger partial charge in [0.1, 0.15) is 11.5 Å². The molecule has 2 rings (SSSR count). The van der Waals surface area contributed by atoms with Crippen molar-refractivity contribution in [2.45, 2.75) is 13.8 Å². The summed E-state index contributed by atoms with van der Waals surface area (Å²) in [5.74, 6) is 0.225. The maximum atomic E-state index is 12.2. The molecule has 0 saturated heterocycles. The average molecular weight is 242 g/mol. The third-order valence-corrected chi connectivity index (χ3v) is 2.92. The zero-order valence-electron chi connectivity index (χ0n) is 10.3.